The molecule has 1 unspecified atom stereocenters. The van der Waals surface area contributed by atoms with Crippen molar-refractivity contribution in [3.05, 3.63) is 29.8 Å². The van der Waals surface area contributed by atoms with E-state index in [9.17, 15) is 8.42 Å². The highest BCUT2D eigenvalue weighted by molar-refractivity contribution is 7.89. The second-order valence-electron chi connectivity index (χ2n) is 4.83. The molecule has 108 valence electrons. The highest BCUT2D eigenvalue weighted by Gasteiger charge is 2.21. The first-order valence-electron chi connectivity index (χ1n) is 6.75. The monoisotopic (exact) mass is 284 g/mol. The van der Waals surface area contributed by atoms with Crippen LogP contribution >= 0.6 is 0 Å². The highest BCUT2D eigenvalue weighted by Crippen LogP contribution is 2.16. The molecule has 4 nitrogen and oxygen atoms in total. The quantitative estimate of drug-likeness (QED) is 0.806. The number of benzene rings is 1. The Hall–Kier alpha value is -0.910. The van der Waals surface area contributed by atoms with E-state index in [1.807, 2.05) is 6.92 Å². The summed E-state index contributed by atoms with van der Waals surface area (Å²) in [7, 11) is -3.44. The van der Waals surface area contributed by atoms with E-state index >= 15 is 0 Å². The molecular weight excluding hydrogens is 260 g/mol. The van der Waals surface area contributed by atoms with Gasteiger partial charge in [-0.25, -0.2) is 13.1 Å². The zero-order valence-electron chi connectivity index (χ0n) is 11.9. The van der Waals surface area contributed by atoms with E-state index in [2.05, 4.69) is 18.6 Å². The van der Waals surface area contributed by atoms with Crippen LogP contribution in [0, 0.1) is 5.92 Å². The van der Waals surface area contributed by atoms with Gasteiger partial charge in [0.1, 0.15) is 0 Å². The van der Waals surface area contributed by atoms with Gasteiger partial charge in [0.25, 0.3) is 0 Å². The van der Waals surface area contributed by atoms with Crippen molar-refractivity contribution >= 4 is 10.0 Å². The van der Waals surface area contributed by atoms with Crippen molar-refractivity contribution in [3.63, 3.8) is 0 Å². The van der Waals surface area contributed by atoms with Gasteiger partial charge >= 0.3 is 0 Å². The van der Waals surface area contributed by atoms with Crippen LogP contribution in [-0.4, -0.2) is 14.5 Å². The fourth-order valence-electron chi connectivity index (χ4n) is 2.21. The van der Waals surface area contributed by atoms with Gasteiger partial charge in [-0.2, -0.15) is 0 Å². The van der Waals surface area contributed by atoms with Crippen LogP contribution in [0.3, 0.4) is 0 Å². The van der Waals surface area contributed by atoms with Crippen molar-refractivity contribution in [2.45, 2.75) is 51.1 Å². The third kappa shape index (κ3) is 4.30. The maximum absolute atomic E-state index is 12.2. The standard InChI is InChI=1S/C14H24N2O2S/c1-4-13(5-2)11(3)16-19(17,18)14-8-6-12(10-15)7-9-14/h6-9,11,13,16H,4-5,10,15H2,1-3H3. The zero-order valence-corrected chi connectivity index (χ0v) is 12.7. The molecule has 0 saturated heterocycles. The van der Waals surface area contributed by atoms with Gasteiger partial charge in [-0.05, 0) is 30.5 Å². The van der Waals surface area contributed by atoms with Gasteiger partial charge in [0.05, 0.1) is 4.90 Å². The number of sulfonamides is 1. The summed E-state index contributed by atoms with van der Waals surface area (Å²) in [6, 6.07) is 6.63. The van der Waals surface area contributed by atoms with Crippen LogP contribution in [0.2, 0.25) is 0 Å². The Morgan fingerprint density at radius 2 is 1.68 bits per heavy atom. The Morgan fingerprint density at radius 1 is 1.16 bits per heavy atom. The summed E-state index contributed by atoms with van der Waals surface area (Å²) in [6.45, 7) is 6.49. The predicted molar refractivity (Wildman–Crippen MR) is 78.2 cm³/mol. The van der Waals surface area contributed by atoms with Crippen molar-refractivity contribution in [1.29, 1.82) is 0 Å². The van der Waals surface area contributed by atoms with Crippen LogP contribution in [0.25, 0.3) is 0 Å². The topological polar surface area (TPSA) is 72.2 Å². The summed E-state index contributed by atoms with van der Waals surface area (Å²) in [5, 5.41) is 0. The Morgan fingerprint density at radius 3 is 2.11 bits per heavy atom. The number of nitrogens with two attached hydrogens (primary N) is 1. The van der Waals surface area contributed by atoms with Gasteiger partial charge in [-0.3, -0.25) is 0 Å². The first-order valence-corrected chi connectivity index (χ1v) is 8.24. The molecule has 1 rings (SSSR count). The molecule has 19 heavy (non-hydrogen) atoms. The maximum atomic E-state index is 12.2. The molecule has 3 N–H and O–H groups in total. The van der Waals surface area contributed by atoms with E-state index in [4.69, 9.17) is 5.73 Å². The molecule has 5 heteroatoms. The van der Waals surface area contributed by atoms with Crippen molar-refractivity contribution in [1.82, 2.24) is 4.72 Å². The summed E-state index contributed by atoms with van der Waals surface area (Å²) in [4.78, 5) is 0.294. The average Bonchev–Trinajstić information content (AvgIpc) is 2.39. The van der Waals surface area contributed by atoms with Crippen LogP contribution in [0.5, 0.6) is 0 Å². The number of hydrogen-bond donors (Lipinski definition) is 2. The first-order chi connectivity index (χ1) is 8.94. The van der Waals surface area contributed by atoms with Crippen molar-refractivity contribution < 1.29 is 8.42 Å². The molecule has 0 fully saturated rings. The molecule has 0 aliphatic heterocycles. The molecule has 0 spiro atoms. The summed E-state index contributed by atoms with van der Waals surface area (Å²) < 4.78 is 27.2. The SMILES string of the molecule is CCC(CC)C(C)NS(=O)(=O)c1ccc(CN)cc1. The van der Waals surface area contributed by atoms with E-state index in [0.717, 1.165) is 18.4 Å². The molecule has 0 amide bonds. The second-order valence-corrected chi connectivity index (χ2v) is 6.55. The minimum Gasteiger partial charge on any atom is -0.326 e. The third-order valence-electron chi connectivity index (χ3n) is 3.57. The molecule has 0 bridgehead atoms. The molecule has 1 aromatic carbocycles. The number of nitrogens with one attached hydrogen (secondary N) is 1. The number of hydrogen-bond acceptors (Lipinski definition) is 3. The second kappa shape index (κ2) is 7.03. The average molecular weight is 284 g/mol. The lowest BCUT2D eigenvalue weighted by molar-refractivity contribution is 0.391. The minimum absolute atomic E-state index is 0.0609. The van der Waals surface area contributed by atoms with E-state index in [0.29, 0.717) is 17.4 Å². The lowest BCUT2D eigenvalue weighted by Gasteiger charge is -2.22. The van der Waals surface area contributed by atoms with Gasteiger partial charge in [0.2, 0.25) is 10.0 Å². The molecule has 0 aromatic heterocycles. The summed E-state index contributed by atoms with van der Waals surface area (Å²) >= 11 is 0. The van der Waals surface area contributed by atoms with E-state index in [1.165, 1.54) is 0 Å². The molecule has 0 radical (unpaired) electrons. The van der Waals surface area contributed by atoms with Gasteiger partial charge in [0.15, 0.2) is 0 Å². The minimum atomic E-state index is -3.44. The molecule has 1 atom stereocenters. The predicted octanol–water partition coefficient (Wildman–Crippen LogP) is 2.25. The third-order valence-corrected chi connectivity index (χ3v) is 5.14. The molecule has 0 aliphatic carbocycles. The lowest BCUT2D eigenvalue weighted by atomic mass is 9.96. The molecule has 0 heterocycles. The fraction of sp³-hybridized carbons (Fsp3) is 0.571. The molecule has 0 aliphatic rings. The molecule has 0 saturated carbocycles. The highest BCUT2D eigenvalue weighted by atomic mass is 32.2. The van der Waals surface area contributed by atoms with Crippen LogP contribution < -0.4 is 10.5 Å². The van der Waals surface area contributed by atoms with Gasteiger partial charge < -0.3 is 5.73 Å². The van der Waals surface area contributed by atoms with Crippen molar-refractivity contribution in [2.24, 2.45) is 11.7 Å². The summed E-state index contributed by atoms with van der Waals surface area (Å²) in [6.07, 6.45) is 1.93. The molecular formula is C14H24N2O2S. The molecule has 1 aromatic rings. The Bertz CT molecular complexity index is 479. The van der Waals surface area contributed by atoms with Crippen LogP contribution in [0.4, 0.5) is 0 Å². The summed E-state index contributed by atoms with van der Waals surface area (Å²) in [5.74, 6) is 0.359. The lowest BCUT2D eigenvalue weighted by Crippen LogP contribution is -2.37. The van der Waals surface area contributed by atoms with Crippen LogP contribution in [0.1, 0.15) is 39.2 Å². The largest absolute Gasteiger partial charge is 0.326 e. The zero-order chi connectivity index (χ0) is 14.5. The Balaban J connectivity index is 2.85. The van der Waals surface area contributed by atoms with Gasteiger partial charge in [-0.1, -0.05) is 38.8 Å². The Labute approximate surface area is 116 Å². The van der Waals surface area contributed by atoms with Gasteiger partial charge in [-0.15, -0.1) is 0 Å². The smallest absolute Gasteiger partial charge is 0.240 e. The normalized spacial score (nSPS) is 13.7. The van der Waals surface area contributed by atoms with Crippen LogP contribution in [0.15, 0.2) is 29.2 Å². The maximum Gasteiger partial charge on any atom is 0.240 e. The van der Waals surface area contributed by atoms with E-state index < -0.39 is 10.0 Å². The summed E-state index contributed by atoms with van der Waals surface area (Å²) in [5.41, 5.74) is 6.42. The van der Waals surface area contributed by atoms with E-state index in [-0.39, 0.29) is 6.04 Å². The van der Waals surface area contributed by atoms with Crippen molar-refractivity contribution in [3.8, 4) is 0 Å². The number of rotatable bonds is 7. The van der Waals surface area contributed by atoms with Gasteiger partial charge in [0, 0.05) is 12.6 Å². The van der Waals surface area contributed by atoms with Crippen LogP contribution in [-0.2, 0) is 16.6 Å². The first kappa shape index (κ1) is 16.1. The van der Waals surface area contributed by atoms with Crippen molar-refractivity contribution in [2.75, 3.05) is 0 Å². The van der Waals surface area contributed by atoms with E-state index in [1.54, 1.807) is 24.3 Å². The Kier molecular flexibility index (Phi) is 5.97. The fourth-order valence-corrected chi connectivity index (χ4v) is 3.52.